The van der Waals surface area contributed by atoms with E-state index in [9.17, 15) is 4.79 Å². The molecule has 3 rings (SSSR count). The van der Waals surface area contributed by atoms with Crippen molar-refractivity contribution in [3.63, 3.8) is 0 Å². The number of halogens is 2. The van der Waals surface area contributed by atoms with E-state index in [4.69, 9.17) is 11.6 Å². The highest BCUT2D eigenvalue weighted by molar-refractivity contribution is 9.10. The van der Waals surface area contributed by atoms with E-state index in [2.05, 4.69) is 26.3 Å². The summed E-state index contributed by atoms with van der Waals surface area (Å²) in [6, 6.07) is 15.0. The number of nitrogens with zero attached hydrogens (tertiary/aromatic N) is 2. The van der Waals surface area contributed by atoms with Gasteiger partial charge in [0.15, 0.2) is 5.82 Å². The number of hydrogen-bond donors (Lipinski definition) is 1. The summed E-state index contributed by atoms with van der Waals surface area (Å²) in [4.78, 5) is 12.3. The average Bonchev–Trinajstić information content (AvgIpc) is 2.90. The molecule has 122 valence electrons. The molecule has 0 unspecified atom stereocenters. The third-order valence-corrected chi connectivity index (χ3v) is 4.50. The van der Waals surface area contributed by atoms with Crippen LogP contribution in [-0.4, -0.2) is 15.7 Å². The zero-order chi connectivity index (χ0) is 17.1. The van der Waals surface area contributed by atoms with Crippen LogP contribution in [0.25, 0.3) is 0 Å². The number of benzene rings is 2. The van der Waals surface area contributed by atoms with Gasteiger partial charge in [0.2, 0.25) is 0 Å². The molecule has 0 saturated carbocycles. The molecule has 6 heteroatoms. The number of aromatic nitrogens is 2. The third-order valence-electron chi connectivity index (χ3n) is 3.55. The van der Waals surface area contributed by atoms with E-state index >= 15 is 0 Å². The maximum atomic E-state index is 12.3. The molecule has 3 aromatic rings. The van der Waals surface area contributed by atoms with Crippen molar-refractivity contribution in [3.8, 4) is 0 Å². The molecule has 1 amide bonds. The van der Waals surface area contributed by atoms with Crippen molar-refractivity contribution in [1.29, 1.82) is 0 Å². The van der Waals surface area contributed by atoms with Gasteiger partial charge in [-0.15, -0.1) is 0 Å². The lowest BCUT2D eigenvalue weighted by Crippen LogP contribution is -2.13. The Morgan fingerprint density at radius 2 is 1.92 bits per heavy atom. The van der Waals surface area contributed by atoms with Gasteiger partial charge in [-0.1, -0.05) is 47.5 Å². The fourth-order valence-corrected chi connectivity index (χ4v) is 2.86. The maximum Gasteiger partial charge on any atom is 0.256 e. The van der Waals surface area contributed by atoms with Crippen molar-refractivity contribution >= 4 is 39.3 Å². The summed E-state index contributed by atoms with van der Waals surface area (Å²) in [6.45, 7) is 2.51. The van der Waals surface area contributed by atoms with Gasteiger partial charge >= 0.3 is 0 Å². The first-order valence-corrected chi connectivity index (χ1v) is 8.54. The van der Waals surface area contributed by atoms with Crippen molar-refractivity contribution in [2.24, 2.45) is 0 Å². The smallest absolute Gasteiger partial charge is 0.256 e. The van der Waals surface area contributed by atoms with Crippen molar-refractivity contribution in [3.05, 3.63) is 80.9 Å². The predicted molar refractivity (Wildman–Crippen MR) is 99.6 cm³/mol. The molecule has 24 heavy (non-hydrogen) atoms. The van der Waals surface area contributed by atoms with Crippen LogP contribution in [-0.2, 0) is 6.54 Å². The van der Waals surface area contributed by atoms with Crippen molar-refractivity contribution in [1.82, 2.24) is 9.78 Å². The second kappa shape index (κ2) is 7.20. The van der Waals surface area contributed by atoms with Crippen LogP contribution in [0.3, 0.4) is 0 Å². The molecule has 1 N–H and O–H groups in total. The summed E-state index contributed by atoms with van der Waals surface area (Å²) in [5.74, 6) is 0.284. The Hall–Kier alpha value is -2.11. The number of amides is 1. The van der Waals surface area contributed by atoms with E-state index < -0.39 is 0 Å². The van der Waals surface area contributed by atoms with Gasteiger partial charge in [0, 0.05) is 16.8 Å². The zero-order valence-corrected chi connectivity index (χ0v) is 15.3. The Labute approximate surface area is 153 Å². The van der Waals surface area contributed by atoms with E-state index in [-0.39, 0.29) is 5.91 Å². The standard InChI is InChI=1S/C18H15BrClN3O/c1-12-6-8-13(9-7-12)18(24)21-17-15(19)11-23(22-17)10-14-4-2-3-5-16(14)20/h2-9,11H,10H2,1H3,(H,21,22,24). The predicted octanol–water partition coefficient (Wildman–Crippen LogP) is 4.91. The number of carbonyl (C=O) groups is 1. The molecule has 0 radical (unpaired) electrons. The maximum absolute atomic E-state index is 12.3. The summed E-state index contributed by atoms with van der Waals surface area (Å²) >= 11 is 9.61. The zero-order valence-electron chi connectivity index (χ0n) is 13.0. The lowest BCUT2D eigenvalue weighted by molar-refractivity contribution is 0.102. The number of anilines is 1. The number of nitrogens with one attached hydrogen (secondary N) is 1. The SMILES string of the molecule is Cc1ccc(C(=O)Nc2nn(Cc3ccccc3Cl)cc2Br)cc1. The first-order valence-electron chi connectivity index (χ1n) is 7.37. The highest BCUT2D eigenvalue weighted by Gasteiger charge is 2.12. The Balaban J connectivity index is 1.75. The minimum atomic E-state index is -0.196. The number of rotatable bonds is 4. The van der Waals surface area contributed by atoms with Gasteiger partial charge in [0.1, 0.15) is 0 Å². The second-order valence-electron chi connectivity index (χ2n) is 5.43. The monoisotopic (exact) mass is 403 g/mol. The molecule has 0 aliphatic heterocycles. The van der Waals surface area contributed by atoms with Crippen LogP contribution in [0.1, 0.15) is 21.5 Å². The Morgan fingerprint density at radius 1 is 1.21 bits per heavy atom. The molecular formula is C18H15BrClN3O. The Bertz CT molecular complexity index is 874. The molecule has 0 aliphatic carbocycles. The van der Waals surface area contributed by atoms with Crippen LogP contribution in [0.15, 0.2) is 59.2 Å². The summed E-state index contributed by atoms with van der Waals surface area (Å²) in [5.41, 5.74) is 2.66. The quantitative estimate of drug-likeness (QED) is 0.672. The van der Waals surface area contributed by atoms with Gasteiger partial charge < -0.3 is 5.32 Å². The molecule has 0 bridgehead atoms. The lowest BCUT2D eigenvalue weighted by Gasteiger charge is -2.05. The molecule has 0 aliphatic rings. The van der Waals surface area contributed by atoms with Crippen molar-refractivity contribution in [2.75, 3.05) is 5.32 Å². The van der Waals surface area contributed by atoms with Gasteiger partial charge in [0.25, 0.3) is 5.91 Å². The van der Waals surface area contributed by atoms with E-state index in [1.54, 1.807) is 16.8 Å². The molecular weight excluding hydrogens is 390 g/mol. The summed E-state index contributed by atoms with van der Waals surface area (Å²) in [5, 5.41) is 7.91. The molecule has 1 aromatic heterocycles. The summed E-state index contributed by atoms with van der Waals surface area (Å²) in [7, 11) is 0. The van der Waals surface area contributed by atoms with E-state index in [0.717, 1.165) is 15.6 Å². The normalized spacial score (nSPS) is 10.6. The topological polar surface area (TPSA) is 46.9 Å². The van der Waals surface area contributed by atoms with E-state index in [1.807, 2.05) is 49.5 Å². The molecule has 1 heterocycles. The highest BCUT2D eigenvalue weighted by Crippen LogP contribution is 2.23. The minimum absolute atomic E-state index is 0.196. The van der Waals surface area contributed by atoms with Gasteiger partial charge in [0.05, 0.1) is 11.0 Å². The Morgan fingerprint density at radius 3 is 2.62 bits per heavy atom. The lowest BCUT2D eigenvalue weighted by atomic mass is 10.1. The molecule has 0 spiro atoms. The van der Waals surface area contributed by atoms with E-state index in [1.165, 1.54) is 0 Å². The van der Waals surface area contributed by atoms with Crippen LogP contribution >= 0.6 is 27.5 Å². The molecule has 2 aromatic carbocycles. The van der Waals surface area contributed by atoms with Gasteiger partial charge in [-0.2, -0.15) is 5.10 Å². The number of aryl methyl sites for hydroxylation is 1. The fraction of sp³-hybridized carbons (Fsp3) is 0.111. The van der Waals surface area contributed by atoms with Gasteiger partial charge in [-0.3, -0.25) is 9.48 Å². The van der Waals surface area contributed by atoms with Crippen LogP contribution in [0.4, 0.5) is 5.82 Å². The second-order valence-corrected chi connectivity index (χ2v) is 6.70. The Kier molecular flexibility index (Phi) is 5.02. The average molecular weight is 405 g/mol. The van der Waals surface area contributed by atoms with Crippen LogP contribution in [0, 0.1) is 6.92 Å². The van der Waals surface area contributed by atoms with Crippen molar-refractivity contribution < 1.29 is 4.79 Å². The minimum Gasteiger partial charge on any atom is -0.304 e. The summed E-state index contributed by atoms with van der Waals surface area (Å²) in [6.07, 6.45) is 1.81. The summed E-state index contributed by atoms with van der Waals surface area (Å²) < 4.78 is 2.45. The molecule has 4 nitrogen and oxygen atoms in total. The highest BCUT2D eigenvalue weighted by atomic mass is 79.9. The van der Waals surface area contributed by atoms with Crippen molar-refractivity contribution in [2.45, 2.75) is 13.5 Å². The number of carbonyl (C=O) groups excluding carboxylic acids is 1. The van der Waals surface area contributed by atoms with Gasteiger partial charge in [-0.25, -0.2) is 0 Å². The van der Waals surface area contributed by atoms with Crippen LogP contribution in [0.2, 0.25) is 5.02 Å². The largest absolute Gasteiger partial charge is 0.304 e. The molecule has 0 atom stereocenters. The van der Waals surface area contributed by atoms with Crippen LogP contribution in [0.5, 0.6) is 0 Å². The third kappa shape index (κ3) is 3.86. The first kappa shape index (κ1) is 16.7. The molecule has 0 saturated heterocycles. The molecule has 0 fully saturated rings. The fourth-order valence-electron chi connectivity index (χ4n) is 2.25. The van der Waals surface area contributed by atoms with E-state index in [0.29, 0.717) is 22.9 Å². The first-order chi connectivity index (χ1) is 11.5. The number of hydrogen-bond acceptors (Lipinski definition) is 2. The van der Waals surface area contributed by atoms with Crippen LogP contribution < -0.4 is 5.32 Å². The van der Waals surface area contributed by atoms with Gasteiger partial charge in [-0.05, 0) is 46.6 Å².